The van der Waals surface area contributed by atoms with Gasteiger partial charge in [-0.15, -0.1) is 0 Å². The van der Waals surface area contributed by atoms with Gasteiger partial charge in [0.1, 0.15) is 5.75 Å². The van der Waals surface area contributed by atoms with Crippen LogP contribution in [0.5, 0.6) is 5.75 Å². The maximum absolute atomic E-state index is 11.8. The number of aromatic nitrogens is 1. The molecule has 1 aliphatic heterocycles. The van der Waals surface area contributed by atoms with E-state index in [0.717, 1.165) is 35.4 Å². The normalized spacial score (nSPS) is 17.9. The number of hydrogen-bond donors (Lipinski definition) is 2. The monoisotopic (exact) mass is 307 g/mol. The van der Waals surface area contributed by atoms with E-state index in [0.29, 0.717) is 11.7 Å². The molecule has 2 aromatic rings. The van der Waals surface area contributed by atoms with Gasteiger partial charge in [-0.3, -0.25) is 5.32 Å². The highest BCUT2D eigenvalue weighted by molar-refractivity contribution is 7.22. The summed E-state index contributed by atoms with van der Waals surface area (Å²) in [6.45, 7) is 1.32. The summed E-state index contributed by atoms with van der Waals surface area (Å²) >= 11 is 1.42. The van der Waals surface area contributed by atoms with Crippen molar-refractivity contribution in [2.75, 3.05) is 25.6 Å². The molecule has 0 unspecified atom stereocenters. The van der Waals surface area contributed by atoms with Crippen molar-refractivity contribution in [3.63, 3.8) is 0 Å². The summed E-state index contributed by atoms with van der Waals surface area (Å²) in [6, 6.07) is 5.38. The molecule has 112 valence electrons. The Balaban J connectivity index is 1.59. The van der Waals surface area contributed by atoms with Crippen LogP contribution >= 0.6 is 11.3 Å². The van der Waals surface area contributed by atoms with Crippen LogP contribution in [0.3, 0.4) is 0 Å². The number of benzene rings is 1. The van der Waals surface area contributed by atoms with Crippen LogP contribution in [-0.4, -0.2) is 37.4 Å². The summed E-state index contributed by atoms with van der Waals surface area (Å²) in [5, 5.41) is 6.13. The molecular weight excluding hydrogens is 290 g/mol. The van der Waals surface area contributed by atoms with Gasteiger partial charge in [-0.2, -0.15) is 0 Å². The van der Waals surface area contributed by atoms with Crippen LogP contribution in [0, 0.1) is 0 Å². The van der Waals surface area contributed by atoms with Crippen LogP contribution < -0.4 is 15.4 Å². The zero-order chi connectivity index (χ0) is 14.7. The number of anilines is 1. The SMILES string of the molecule is COc1ccc2nc(NC(=O)NC[C@H]3CCCO3)sc2c1. The minimum absolute atomic E-state index is 0.135. The summed E-state index contributed by atoms with van der Waals surface area (Å²) in [7, 11) is 1.62. The summed E-state index contributed by atoms with van der Waals surface area (Å²) in [6.07, 6.45) is 2.20. The standard InChI is InChI=1S/C14H17N3O3S/c1-19-9-4-5-11-12(7-9)21-14(16-11)17-13(18)15-8-10-3-2-6-20-10/h4-5,7,10H,2-3,6,8H2,1H3,(H2,15,16,17,18)/t10-/m1/s1. The number of thiazole rings is 1. The summed E-state index contributed by atoms with van der Waals surface area (Å²) in [5.74, 6) is 0.778. The molecule has 1 saturated heterocycles. The van der Waals surface area contributed by atoms with Crippen molar-refractivity contribution < 1.29 is 14.3 Å². The van der Waals surface area contributed by atoms with Gasteiger partial charge in [-0.1, -0.05) is 11.3 Å². The lowest BCUT2D eigenvalue weighted by atomic mass is 10.2. The van der Waals surface area contributed by atoms with Gasteiger partial charge in [0.25, 0.3) is 0 Å². The largest absolute Gasteiger partial charge is 0.497 e. The van der Waals surface area contributed by atoms with E-state index in [4.69, 9.17) is 9.47 Å². The lowest BCUT2D eigenvalue weighted by Gasteiger charge is -2.10. The highest BCUT2D eigenvalue weighted by atomic mass is 32.1. The lowest BCUT2D eigenvalue weighted by Crippen LogP contribution is -2.34. The molecule has 2 heterocycles. The molecule has 0 aliphatic carbocycles. The van der Waals surface area contributed by atoms with Crippen LogP contribution in [-0.2, 0) is 4.74 Å². The van der Waals surface area contributed by atoms with Gasteiger partial charge in [0.05, 0.1) is 23.4 Å². The Labute approximate surface area is 126 Å². The Morgan fingerprint density at radius 3 is 3.24 bits per heavy atom. The van der Waals surface area contributed by atoms with Crippen molar-refractivity contribution in [3.05, 3.63) is 18.2 Å². The maximum atomic E-state index is 11.8. The van der Waals surface area contributed by atoms with E-state index in [1.807, 2.05) is 18.2 Å². The van der Waals surface area contributed by atoms with Crippen molar-refractivity contribution in [2.24, 2.45) is 0 Å². The third-order valence-corrected chi connectivity index (χ3v) is 4.26. The molecule has 3 rings (SSSR count). The lowest BCUT2D eigenvalue weighted by molar-refractivity contribution is 0.112. The average molecular weight is 307 g/mol. The molecule has 7 heteroatoms. The molecule has 1 aromatic heterocycles. The van der Waals surface area contributed by atoms with Gasteiger partial charge < -0.3 is 14.8 Å². The summed E-state index contributed by atoms with van der Waals surface area (Å²) < 4.78 is 11.6. The number of amides is 2. The van der Waals surface area contributed by atoms with Crippen LogP contribution in [0.15, 0.2) is 18.2 Å². The van der Waals surface area contributed by atoms with Gasteiger partial charge in [-0.05, 0) is 31.0 Å². The second kappa shape index (κ2) is 6.28. The fourth-order valence-electron chi connectivity index (χ4n) is 2.24. The van der Waals surface area contributed by atoms with E-state index in [-0.39, 0.29) is 12.1 Å². The van der Waals surface area contributed by atoms with E-state index < -0.39 is 0 Å². The maximum Gasteiger partial charge on any atom is 0.321 e. The molecule has 0 bridgehead atoms. The molecule has 1 aromatic carbocycles. The average Bonchev–Trinajstić information content (AvgIpc) is 3.13. The second-order valence-electron chi connectivity index (χ2n) is 4.82. The number of fused-ring (bicyclic) bond motifs is 1. The van der Waals surface area contributed by atoms with E-state index in [1.165, 1.54) is 11.3 Å². The highest BCUT2D eigenvalue weighted by Crippen LogP contribution is 2.29. The number of carbonyl (C=O) groups is 1. The van der Waals surface area contributed by atoms with Gasteiger partial charge in [-0.25, -0.2) is 9.78 Å². The quantitative estimate of drug-likeness (QED) is 0.910. The zero-order valence-electron chi connectivity index (χ0n) is 11.7. The van der Waals surface area contributed by atoms with E-state index in [1.54, 1.807) is 7.11 Å². The number of hydrogen-bond acceptors (Lipinski definition) is 5. The van der Waals surface area contributed by atoms with Crippen LogP contribution in [0.2, 0.25) is 0 Å². The van der Waals surface area contributed by atoms with Crippen LogP contribution in [0.4, 0.5) is 9.93 Å². The molecule has 0 spiro atoms. The fourth-order valence-corrected chi connectivity index (χ4v) is 3.13. The second-order valence-corrected chi connectivity index (χ2v) is 5.85. The predicted molar refractivity (Wildman–Crippen MR) is 82.2 cm³/mol. The van der Waals surface area contributed by atoms with Gasteiger partial charge in [0.15, 0.2) is 5.13 Å². The fraction of sp³-hybridized carbons (Fsp3) is 0.429. The van der Waals surface area contributed by atoms with Gasteiger partial charge in [0, 0.05) is 13.2 Å². The van der Waals surface area contributed by atoms with Crippen LogP contribution in [0.1, 0.15) is 12.8 Å². The first-order chi connectivity index (χ1) is 10.2. The van der Waals surface area contributed by atoms with E-state index >= 15 is 0 Å². The van der Waals surface area contributed by atoms with Crippen molar-refractivity contribution >= 4 is 32.7 Å². The minimum Gasteiger partial charge on any atom is -0.497 e. The molecule has 6 nitrogen and oxygen atoms in total. The Bertz CT molecular complexity index is 637. The first-order valence-corrected chi connectivity index (χ1v) is 7.67. The first-order valence-electron chi connectivity index (χ1n) is 6.85. The Kier molecular flexibility index (Phi) is 4.21. The molecule has 1 aliphatic rings. The summed E-state index contributed by atoms with van der Waals surface area (Å²) in [5.41, 5.74) is 0.843. The van der Waals surface area contributed by atoms with Crippen molar-refractivity contribution in [2.45, 2.75) is 18.9 Å². The topological polar surface area (TPSA) is 72.5 Å². The molecule has 21 heavy (non-hydrogen) atoms. The Morgan fingerprint density at radius 1 is 1.57 bits per heavy atom. The predicted octanol–water partition coefficient (Wildman–Crippen LogP) is 2.61. The van der Waals surface area contributed by atoms with Crippen molar-refractivity contribution in [1.82, 2.24) is 10.3 Å². The zero-order valence-corrected chi connectivity index (χ0v) is 12.5. The number of carbonyl (C=O) groups excluding carboxylic acids is 1. The molecule has 1 atom stereocenters. The molecular formula is C14H17N3O3S. The minimum atomic E-state index is -0.253. The van der Waals surface area contributed by atoms with E-state index in [2.05, 4.69) is 15.6 Å². The third-order valence-electron chi connectivity index (χ3n) is 3.33. The number of methoxy groups -OCH3 is 1. The number of urea groups is 1. The van der Waals surface area contributed by atoms with Crippen LogP contribution in [0.25, 0.3) is 10.2 Å². The molecule has 0 radical (unpaired) electrons. The van der Waals surface area contributed by atoms with Crippen molar-refractivity contribution in [1.29, 1.82) is 0 Å². The molecule has 0 saturated carbocycles. The number of nitrogens with one attached hydrogen (secondary N) is 2. The van der Waals surface area contributed by atoms with E-state index in [9.17, 15) is 4.79 Å². The molecule has 2 amide bonds. The smallest absolute Gasteiger partial charge is 0.321 e. The highest BCUT2D eigenvalue weighted by Gasteiger charge is 2.16. The number of rotatable bonds is 4. The Hall–Kier alpha value is -1.86. The van der Waals surface area contributed by atoms with Gasteiger partial charge >= 0.3 is 6.03 Å². The first kappa shape index (κ1) is 14.1. The molecule has 1 fully saturated rings. The summed E-state index contributed by atoms with van der Waals surface area (Å²) in [4.78, 5) is 16.2. The Morgan fingerprint density at radius 2 is 2.48 bits per heavy atom. The van der Waals surface area contributed by atoms with Gasteiger partial charge in [0.2, 0.25) is 0 Å². The number of ether oxygens (including phenoxy) is 2. The number of nitrogens with zero attached hydrogens (tertiary/aromatic N) is 1. The third kappa shape index (κ3) is 3.43. The van der Waals surface area contributed by atoms with Crippen molar-refractivity contribution in [3.8, 4) is 5.75 Å². The molecule has 2 N–H and O–H groups in total.